The molecule has 8 nitrogen and oxygen atoms in total. The standard InChI is InChI=1S/C13H9BrN4O4/c14-10-3-9(5-15-7-10)13(20)17-16-6-8-4-11(18(21)22)1-2-12(8)19/h1-7,19H,(H,17,20)/b16-6-. The van der Waals surface area contributed by atoms with Crippen molar-refractivity contribution in [1.82, 2.24) is 10.4 Å². The predicted octanol–water partition coefficient (Wildman–Crippen LogP) is 2.22. The van der Waals surface area contributed by atoms with Crippen LogP contribution in [0.5, 0.6) is 5.75 Å². The minimum absolute atomic E-state index is 0.113. The van der Waals surface area contributed by atoms with Crippen LogP contribution in [-0.2, 0) is 0 Å². The van der Waals surface area contributed by atoms with Crippen molar-refractivity contribution < 1.29 is 14.8 Å². The molecule has 2 aromatic rings. The van der Waals surface area contributed by atoms with Crippen molar-refractivity contribution in [3.63, 3.8) is 0 Å². The Labute approximate surface area is 132 Å². The summed E-state index contributed by atoms with van der Waals surface area (Å²) in [5, 5.41) is 23.9. The summed E-state index contributed by atoms with van der Waals surface area (Å²) in [6.45, 7) is 0. The van der Waals surface area contributed by atoms with Gasteiger partial charge in [-0.15, -0.1) is 0 Å². The predicted molar refractivity (Wildman–Crippen MR) is 81.8 cm³/mol. The number of non-ortho nitro benzene ring substituents is 1. The van der Waals surface area contributed by atoms with Crippen LogP contribution >= 0.6 is 15.9 Å². The van der Waals surface area contributed by atoms with Crippen molar-refractivity contribution in [3.8, 4) is 5.75 Å². The minimum atomic E-state index is -0.595. The third-order valence-corrected chi connectivity index (χ3v) is 2.99. The number of rotatable bonds is 4. The van der Waals surface area contributed by atoms with Crippen LogP contribution in [0.4, 0.5) is 5.69 Å². The highest BCUT2D eigenvalue weighted by Crippen LogP contribution is 2.21. The summed E-state index contributed by atoms with van der Waals surface area (Å²) in [5.74, 6) is -0.692. The van der Waals surface area contributed by atoms with E-state index >= 15 is 0 Å². The van der Waals surface area contributed by atoms with E-state index in [4.69, 9.17) is 0 Å². The molecule has 0 aliphatic carbocycles. The lowest BCUT2D eigenvalue weighted by atomic mass is 10.2. The quantitative estimate of drug-likeness (QED) is 0.489. The molecule has 2 N–H and O–H groups in total. The fourth-order valence-corrected chi connectivity index (χ4v) is 1.88. The number of nitro groups is 1. The van der Waals surface area contributed by atoms with Crippen molar-refractivity contribution in [2.24, 2.45) is 5.10 Å². The number of pyridine rings is 1. The maximum atomic E-state index is 11.8. The number of nitro benzene ring substituents is 1. The highest BCUT2D eigenvalue weighted by atomic mass is 79.9. The number of aromatic nitrogens is 1. The van der Waals surface area contributed by atoms with Gasteiger partial charge in [0.05, 0.1) is 16.7 Å². The summed E-state index contributed by atoms with van der Waals surface area (Å²) < 4.78 is 0.639. The first-order valence-corrected chi connectivity index (χ1v) is 6.68. The lowest BCUT2D eigenvalue weighted by Gasteiger charge is -2.01. The van der Waals surface area contributed by atoms with Crippen LogP contribution in [0.25, 0.3) is 0 Å². The Kier molecular flexibility index (Phi) is 4.79. The number of phenolic OH excluding ortho intramolecular Hbond substituents is 1. The van der Waals surface area contributed by atoms with Crippen LogP contribution in [-0.4, -0.2) is 27.1 Å². The van der Waals surface area contributed by atoms with Gasteiger partial charge in [-0.25, -0.2) is 5.43 Å². The zero-order valence-corrected chi connectivity index (χ0v) is 12.5. The van der Waals surface area contributed by atoms with Gasteiger partial charge in [0.1, 0.15) is 5.75 Å². The molecule has 0 radical (unpaired) electrons. The molecule has 0 saturated heterocycles. The minimum Gasteiger partial charge on any atom is -0.507 e. The lowest BCUT2D eigenvalue weighted by Crippen LogP contribution is -2.17. The van der Waals surface area contributed by atoms with Gasteiger partial charge < -0.3 is 5.11 Å². The Balaban J connectivity index is 2.11. The molecule has 1 aromatic heterocycles. The van der Waals surface area contributed by atoms with E-state index in [-0.39, 0.29) is 22.6 Å². The van der Waals surface area contributed by atoms with Gasteiger partial charge in [0.25, 0.3) is 11.6 Å². The molecule has 112 valence electrons. The summed E-state index contributed by atoms with van der Waals surface area (Å²) in [7, 11) is 0. The first-order chi connectivity index (χ1) is 10.5. The topological polar surface area (TPSA) is 118 Å². The van der Waals surface area contributed by atoms with Crippen LogP contribution < -0.4 is 5.43 Å². The van der Waals surface area contributed by atoms with Crippen LogP contribution in [0.3, 0.4) is 0 Å². The second kappa shape index (κ2) is 6.76. The molecule has 2 rings (SSSR count). The molecular weight excluding hydrogens is 356 g/mol. The van der Waals surface area contributed by atoms with Crippen LogP contribution in [0.15, 0.2) is 46.2 Å². The Morgan fingerprint density at radius 1 is 1.41 bits per heavy atom. The number of amides is 1. The van der Waals surface area contributed by atoms with Crippen molar-refractivity contribution >= 4 is 33.7 Å². The first kappa shape index (κ1) is 15.6. The van der Waals surface area contributed by atoms with E-state index in [2.05, 4.69) is 31.4 Å². The Bertz CT molecular complexity index is 763. The summed E-state index contributed by atoms with van der Waals surface area (Å²) in [4.78, 5) is 25.7. The molecular formula is C13H9BrN4O4. The van der Waals surface area contributed by atoms with Crippen LogP contribution in [0.1, 0.15) is 15.9 Å². The van der Waals surface area contributed by atoms with Crippen molar-refractivity contribution in [2.75, 3.05) is 0 Å². The number of carbonyl (C=O) groups is 1. The summed E-state index contributed by atoms with van der Waals surface area (Å²) >= 11 is 3.19. The molecule has 1 aromatic carbocycles. The maximum Gasteiger partial charge on any atom is 0.272 e. The van der Waals surface area contributed by atoms with E-state index in [1.165, 1.54) is 24.5 Å². The van der Waals surface area contributed by atoms with E-state index in [0.717, 1.165) is 12.3 Å². The first-order valence-electron chi connectivity index (χ1n) is 5.89. The molecule has 1 heterocycles. The second-order valence-electron chi connectivity index (χ2n) is 4.09. The van der Waals surface area contributed by atoms with Crippen LogP contribution in [0.2, 0.25) is 0 Å². The van der Waals surface area contributed by atoms with E-state index in [0.29, 0.717) is 4.47 Å². The fourth-order valence-electron chi connectivity index (χ4n) is 1.52. The van der Waals surface area contributed by atoms with Crippen molar-refractivity contribution in [2.45, 2.75) is 0 Å². The lowest BCUT2D eigenvalue weighted by molar-refractivity contribution is -0.384. The molecule has 1 amide bonds. The SMILES string of the molecule is O=C(N/N=C\c1cc([N+](=O)[O-])ccc1O)c1cncc(Br)c1. The zero-order valence-electron chi connectivity index (χ0n) is 10.9. The smallest absolute Gasteiger partial charge is 0.272 e. The van der Waals surface area contributed by atoms with E-state index in [9.17, 15) is 20.0 Å². The van der Waals surface area contributed by atoms with Gasteiger partial charge in [-0.05, 0) is 28.1 Å². The Morgan fingerprint density at radius 3 is 2.86 bits per heavy atom. The van der Waals surface area contributed by atoms with Crippen LogP contribution in [0, 0.1) is 10.1 Å². The summed E-state index contributed by atoms with van der Waals surface area (Å²) in [5.41, 5.74) is 2.45. The molecule has 22 heavy (non-hydrogen) atoms. The van der Waals surface area contributed by atoms with Gasteiger partial charge in [0.15, 0.2) is 0 Å². The molecule has 0 aliphatic rings. The number of carbonyl (C=O) groups excluding carboxylic acids is 1. The number of aromatic hydroxyl groups is 1. The maximum absolute atomic E-state index is 11.8. The van der Waals surface area contributed by atoms with Gasteiger partial charge >= 0.3 is 0 Å². The summed E-state index contributed by atoms with van der Waals surface area (Å²) in [6.07, 6.45) is 4.01. The fraction of sp³-hybridized carbons (Fsp3) is 0. The molecule has 0 unspecified atom stereocenters. The average Bonchev–Trinajstić information content (AvgIpc) is 2.48. The molecule has 0 aliphatic heterocycles. The van der Waals surface area contributed by atoms with E-state index < -0.39 is 10.8 Å². The van der Waals surface area contributed by atoms with E-state index in [1.807, 2.05) is 0 Å². The highest BCUT2D eigenvalue weighted by Gasteiger charge is 2.09. The molecule has 0 atom stereocenters. The third kappa shape index (κ3) is 3.85. The molecule has 9 heteroatoms. The van der Waals surface area contributed by atoms with Gasteiger partial charge in [-0.3, -0.25) is 19.9 Å². The average molecular weight is 365 g/mol. The van der Waals surface area contributed by atoms with Gasteiger partial charge in [-0.1, -0.05) is 0 Å². The van der Waals surface area contributed by atoms with Crippen molar-refractivity contribution in [3.05, 3.63) is 62.4 Å². The number of nitrogens with zero attached hydrogens (tertiary/aromatic N) is 3. The Morgan fingerprint density at radius 2 is 2.18 bits per heavy atom. The Hall–Kier alpha value is -2.81. The molecule has 0 bridgehead atoms. The highest BCUT2D eigenvalue weighted by molar-refractivity contribution is 9.10. The number of phenols is 1. The number of halogens is 1. The normalized spacial score (nSPS) is 10.6. The number of nitrogens with one attached hydrogen (secondary N) is 1. The van der Waals surface area contributed by atoms with E-state index in [1.54, 1.807) is 6.07 Å². The molecule has 0 fully saturated rings. The van der Waals surface area contributed by atoms with Gasteiger partial charge in [0.2, 0.25) is 0 Å². The molecule has 0 saturated carbocycles. The number of hydrogen-bond acceptors (Lipinski definition) is 6. The van der Waals surface area contributed by atoms with Gasteiger partial charge in [-0.2, -0.15) is 5.10 Å². The second-order valence-corrected chi connectivity index (χ2v) is 5.01. The van der Waals surface area contributed by atoms with Crippen molar-refractivity contribution in [1.29, 1.82) is 0 Å². The largest absolute Gasteiger partial charge is 0.507 e. The number of hydrazone groups is 1. The number of hydrogen-bond donors (Lipinski definition) is 2. The van der Waals surface area contributed by atoms with Gasteiger partial charge in [0, 0.05) is 34.6 Å². The summed E-state index contributed by atoms with van der Waals surface area (Å²) in [6, 6.07) is 5.05. The molecule has 0 spiro atoms. The third-order valence-electron chi connectivity index (χ3n) is 2.56. The zero-order chi connectivity index (χ0) is 16.1. The monoisotopic (exact) mass is 364 g/mol. The number of benzene rings is 1.